The summed E-state index contributed by atoms with van der Waals surface area (Å²) in [6.07, 6.45) is 0. The summed E-state index contributed by atoms with van der Waals surface area (Å²) >= 11 is 5.71. The molecule has 96 valence electrons. The number of halogens is 1. The van der Waals surface area contributed by atoms with Gasteiger partial charge in [-0.2, -0.15) is 0 Å². The van der Waals surface area contributed by atoms with Crippen LogP contribution in [0.1, 0.15) is 15.9 Å². The summed E-state index contributed by atoms with van der Waals surface area (Å²) in [6.45, 7) is 0.0823. The smallest absolute Gasteiger partial charge is 0.380 e. The molecule has 0 amide bonds. The number of hydrogen-bond acceptors (Lipinski definition) is 3. The fraction of sp³-hybridized carbons (Fsp3) is 0.0667. The van der Waals surface area contributed by atoms with Gasteiger partial charge in [-0.15, -0.1) is 0 Å². The van der Waals surface area contributed by atoms with Gasteiger partial charge in [-0.25, -0.2) is 4.79 Å². The number of esters is 1. The van der Waals surface area contributed by atoms with Gasteiger partial charge in [-0.05, 0) is 29.8 Å². The number of benzene rings is 2. The Bertz CT molecular complexity index is 576. The van der Waals surface area contributed by atoms with Crippen molar-refractivity contribution in [1.82, 2.24) is 0 Å². The molecule has 2 rings (SSSR count). The Hall–Kier alpha value is -2.13. The molecule has 0 unspecified atom stereocenters. The molecule has 4 heteroatoms. The van der Waals surface area contributed by atoms with Gasteiger partial charge in [0.05, 0.1) is 0 Å². The van der Waals surface area contributed by atoms with Crippen molar-refractivity contribution in [2.24, 2.45) is 0 Å². The molecule has 0 saturated carbocycles. The zero-order chi connectivity index (χ0) is 13.7. The van der Waals surface area contributed by atoms with Crippen LogP contribution in [0.5, 0.6) is 0 Å². The Kier molecular flexibility index (Phi) is 4.31. The van der Waals surface area contributed by atoms with Gasteiger partial charge in [0.2, 0.25) is 0 Å². The molecule has 0 aliphatic heterocycles. The first kappa shape index (κ1) is 13.3. The molecule has 3 nitrogen and oxygen atoms in total. The van der Waals surface area contributed by atoms with Crippen LogP contribution in [0.2, 0.25) is 5.02 Å². The van der Waals surface area contributed by atoms with Crippen molar-refractivity contribution >= 4 is 23.4 Å². The Morgan fingerprint density at radius 1 is 0.947 bits per heavy atom. The molecular formula is C15H11ClO3. The number of ketones is 1. The Morgan fingerprint density at radius 2 is 1.58 bits per heavy atom. The van der Waals surface area contributed by atoms with Crippen LogP contribution in [-0.4, -0.2) is 11.8 Å². The predicted octanol–water partition coefficient (Wildman–Crippen LogP) is 3.27. The van der Waals surface area contributed by atoms with E-state index in [2.05, 4.69) is 0 Å². The molecule has 0 atom stereocenters. The van der Waals surface area contributed by atoms with E-state index < -0.39 is 11.8 Å². The molecule has 0 fully saturated rings. The van der Waals surface area contributed by atoms with Gasteiger partial charge in [-0.3, -0.25) is 4.79 Å². The van der Waals surface area contributed by atoms with Crippen molar-refractivity contribution in [3.8, 4) is 0 Å². The summed E-state index contributed by atoms with van der Waals surface area (Å²) in [5.41, 5.74) is 1.10. The molecule has 0 radical (unpaired) electrons. The summed E-state index contributed by atoms with van der Waals surface area (Å²) in [5.74, 6) is -1.54. The quantitative estimate of drug-likeness (QED) is 0.488. The van der Waals surface area contributed by atoms with Gasteiger partial charge in [0.25, 0.3) is 5.78 Å². The number of carbonyl (C=O) groups is 2. The van der Waals surface area contributed by atoms with E-state index >= 15 is 0 Å². The first-order chi connectivity index (χ1) is 9.16. The lowest BCUT2D eigenvalue weighted by Gasteiger charge is -2.04. The lowest BCUT2D eigenvalue weighted by molar-refractivity contribution is -0.139. The van der Waals surface area contributed by atoms with E-state index in [1.807, 2.05) is 30.3 Å². The number of ether oxygens (including phenoxy) is 1. The minimum Gasteiger partial charge on any atom is -0.455 e. The van der Waals surface area contributed by atoms with E-state index in [0.717, 1.165) is 5.56 Å². The second-order valence-electron chi connectivity index (χ2n) is 3.90. The van der Waals surface area contributed by atoms with Crippen LogP contribution in [0.4, 0.5) is 0 Å². The average Bonchev–Trinajstić information content (AvgIpc) is 2.46. The van der Waals surface area contributed by atoms with Gasteiger partial charge in [0.15, 0.2) is 0 Å². The maximum Gasteiger partial charge on any atom is 0.380 e. The van der Waals surface area contributed by atoms with Gasteiger partial charge in [-0.1, -0.05) is 41.9 Å². The van der Waals surface area contributed by atoms with Gasteiger partial charge < -0.3 is 4.74 Å². The van der Waals surface area contributed by atoms with Crippen molar-refractivity contribution in [3.05, 3.63) is 70.7 Å². The molecule has 0 N–H and O–H groups in total. The molecule has 2 aromatic carbocycles. The number of rotatable bonds is 4. The highest BCUT2D eigenvalue weighted by molar-refractivity contribution is 6.40. The molecule has 2 aromatic rings. The van der Waals surface area contributed by atoms with Gasteiger partial charge in [0, 0.05) is 10.6 Å². The summed E-state index contributed by atoms with van der Waals surface area (Å²) in [5, 5.41) is 0.509. The highest BCUT2D eigenvalue weighted by Crippen LogP contribution is 2.11. The Morgan fingerprint density at radius 3 is 2.21 bits per heavy atom. The van der Waals surface area contributed by atoms with Gasteiger partial charge in [0.1, 0.15) is 6.61 Å². The fourth-order valence-corrected chi connectivity index (χ4v) is 1.63. The van der Waals surface area contributed by atoms with E-state index in [9.17, 15) is 9.59 Å². The molecule has 0 bridgehead atoms. The van der Waals surface area contributed by atoms with Crippen molar-refractivity contribution in [3.63, 3.8) is 0 Å². The third kappa shape index (κ3) is 3.66. The van der Waals surface area contributed by atoms with Crippen molar-refractivity contribution < 1.29 is 14.3 Å². The largest absolute Gasteiger partial charge is 0.455 e. The molecule has 19 heavy (non-hydrogen) atoms. The minimum absolute atomic E-state index is 0.0823. The van der Waals surface area contributed by atoms with E-state index in [1.165, 1.54) is 12.1 Å². The van der Waals surface area contributed by atoms with Crippen LogP contribution >= 0.6 is 11.6 Å². The predicted molar refractivity (Wildman–Crippen MR) is 72.0 cm³/mol. The molecule has 0 aliphatic carbocycles. The number of Topliss-reactive ketones (excluding diaryl/α,β-unsaturated/α-hetero) is 1. The van der Waals surface area contributed by atoms with E-state index in [1.54, 1.807) is 12.1 Å². The normalized spacial score (nSPS) is 9.95. The van der Waals surface area contributed by atoms with Crippen molar-refractivity contribution in [1.29, 1.82) is 0 Å². The SMILES string of the molecule is O=C(OCc1ccccc1)C(=O)c1ccc(Cl)cc1. The second-order valence-corrected chi connectivity index (χ2v) is 4.33. The first-order valence-corrected chi connectivity index (χ1v) is 6.05. The number of hydrogen-bond donors (Lipinski definition) is 0. The standard InChI is InChI=1S/C15H11ClO3/c16-13-8-6-12(7-9-13)14(17)15(18)19-10-11-4-2-1-3-5-11/h1-9H,10H2. The van der Waals surface area contributed by atoms with E-state index in [-0.39, 0.29) is 12.2 Å². The highest BCUT2D eigenvalue weighted by Gasteiger charge is 2.17. The zero-order valence-corrected chi connectivity index (χ0v) is 10.8. The lowest BCUT2D eigenvalue weighted by atomic mass is 10.1. The molecule has 0 heterocycles. The Balaban J connectivity index is 1.96. The monoisotopic (exact) mass is 274 g/mol. The van der Waals surface area contributed by atoms with Crippen molar-refractivity contribution in [2.75, 3.05) is 0 Å². The average molecular weight is 275 g/mol. The summed E-state index contributed by atoms with van der Waals surface area (Å²) in [6, 6.07) is 15.3. The molecule has 0 spiro atoms. The second kappa shape index (κ2) is 6.16. The van der Waals surface area contributed by atoms with Crippen LogP contribution in [0.25, 0.3) is 0 Å². The van der Waals surface area contributed by atoms with Gasteiger partial charge >= 0.3 is 5.97 Å². The summed E-state index contributed by atoms with van der Waals surface area (Å²) in [7, 11) is 0. The topological polar surface area (TPSA) is 43.4 Å². The Labute approximate surface area is 115 Å². The summed E-state index contributed by atoms with van der Waals surface area (Å²) in [4.78, 5) is 23.4. The number of carbonyl (C=O) groups excluding carboxylic acids is 2. The zero-order valence-electron chi connectivity index (χ0n) is 10.0. The van der Waals surface area contributed by atoms with Crippen LogP contribution in [0.3, 0.4) is 0 Å². The molecule has 0 aliphatic rings. The fourth-order valence-electron chi connectivity index (χ4n) is 1.51. The van der Waals surface area contributed by atoms with Crippen LogP contribution in [-0.2, 0) is 16.1 Å². The van der Waals surface area contributed by atoms with Crippen LogP contribution in [0, 0.1) is 0 Å². The molecular weight excluding hydrogens is 264 g/mol. The maximum atomic E-state index is 11.8. The van der Waals surface area contributed by atoms with E-state index in [4.69, 9.17) is 16.3 Å². The summed E-state index contributed by atoms with van der Waals surface area (Å²) < 4.78 is 4.95. The third-order valence-corrected chi connectivity index (χ3v) is 2.76. The minimum atomic E-state index is -0.869. The van der Waals surface area contributed by atoms with Crippen molar-refractivity contribution in [2.45, 2.75) is 6.61 Å². The van der Waals surface area contributed by atoms with Crippen LogP contribution < -0.4 is 0 Å². The highest BCUT2D eigenvalue weighted by atomic mass is 35.5. The van der Waals surface area contributed by atoms with E-state index in [0.29, 0.717) is 5.02 Å². The van der Waals surface area contributed by atoms with Crippen LogP contribution in [0.15, 0.2) is 54.6 Å². The molecule has 0 aromatic heterocycles. The lowest BCUT2D eigenvalue weighted by Crippen LogP contribution is -2.17. The maximum absolute atomic E-state index is 11.8. The molecule has 0 saturated heterocycles. The first-order valence-electron chi connectivity index (χ1n) is 5.68. The third-order valence-electron chi connectivity index (χ3n) is 2.50.